The maximum absolute atomic E-state index is 12.3. The molecule has 1 saturated heterocycles. The fourth-order valence-electron chi connectivity index (χ4n) is 3.71. The van der Waals surface area contributed by atoms with Gasteiger partial charge in [-0.25, -0.2) is 4.79 Å². The van der Waals surface area contributed by atoms with Gasteiger partial charge in [-0.05, 0) is 12.0 Å². The van der Waals surface area contributed by atoms with Gasteiger partial charge in [-0.2, -0.15) is 5.26 Å². The van der Waals surface area contributed by atoms with Crippen molar-refractivity contribution in [3.8, 4) is 6.07 Å². The number of hydrogen-bond acceptors (Lipinski definition) is 6. The van der Waals surface area contributed by atoms with Crippen LogP contribution in [0.4, 0.5) is 5.82 Å². The Morgan fingerprint density at radius 1 is 1.24 bits per heavy atom. The Labute approximate surface area is 169 Å². The van der Waals surface area contributed by atoms with Crippen LogP contribution in [0, 0.1) is 11.3 Å². The lowest BCUT2D eigenvalue weighted by Gasteiger charge is -2.37. The van der Waals surface area contributed by atoms with Crippen LogP contribution >= 0.6 is 0 Å². The van der Waals surface area contributed by atoms with E-state index in [9.17, 15) is 14.9 Å². The highest BCUT2D eigenvalue weighted by Crippen LogP contribution is 2.19. The molecule has 0 spiro atoms. The summed E-state index contributed by atoms with van der Waals surface area (Å²) >= 11 is 0. The van der Waals surface area contributed by atoms with Gasteiger partial charge in [0.05, 0.1) is 18.8 Å². The van der Waals surface area contributed by atoms with Gasteiger partial charge in [0.2, 0.25) is 0 Å². The Hall–Kier alpha value is -2.89. The topological polar surface area (TPSA) is 92.3 Å². The lowest BCUT2D eigenvalue weighted by atomic mass is 10.1. The zero-order valence-corrected chi connectivity index (χ0v) is 17.1. The molecule has 2 atom stereocenters. The van der Waals surface area contributed by atoms with E-state index in [0.29, 0.717) is 6.61 Å². The van der Waals surface area contributed by atoms with Crippen LogP contribution in [0.3, 0.4) is 0 Å². The van der Waals surface area contributed by atoms with Crippen molar-refractivity contribution in [2.75, 3.05) is 25.0 Å². The summed E-state index contributed by atoms with van der Waals surface area (Å²) in [6.07, 6.45) is 0.598. The van der Waals surface area contributed by atoms with E-state index < -0.39 is 11.2 Å². The Morgan fingerprint density at radius 2 is 1.97 bits per heavy atom. The molecule has 1 aliphatic rings. The maximum atomic E-state index is 12.3. The second kappa shape index (κ2) is 9.07. The third-order valence-electron chi connectivity index (χ3n) is 5.41. The molecule has 8 heteroatoms. The van der Waals surface area contributed by atoms with Crippen molar-refractivity contribution in [2.45, 2.75) is 32.0 Å². The Bertz CT molecular complexity index is 1010. The number of aromatic nitrogens is 2. The first-order valence-corrected chi connectivity index (χ1v) is 9.80. The van der Waals surface area contributed by atoms with E-state index in [0.717, 1.165) is 30.6 Å². The Morgan fingerprint density at radius 3 is 2.62 bits per heavy atom. The first-order valence-electron chi connectivity index (χ1n) is 9.80. The van der Waals surface area contributed by atoms with E-state index in [1.54, 1.807) is 7.05 Å². The monoisotopic (exact) mass is 397 g/mol. The van der Waals surface area contributed by atoms with E-state index in [4.69, 9.17) is 4.74 Å². The number of anilines is 1. The molecule has 3 rings (SSSR count). The summed E-state index contributed by atoms with van der Waals surface area (Å²) in [7, 11) is 2.93. The third kappa shape index (κ3) is 4.42. The van der Waals surface area contributed by atoms with Crippen molar-refractivity contribution in [1.29, 1.82) is 5.26 Å². The van der Waals surface area contributed by atoms with Gasteiger partial charge in [-0.15, -0.1) is 0 Å². The van der Waals surface area contributed by atoms with Crippen molar-refractivity contribution >= 4 is 5.82 Å². The Balaban J connectivity index is 1.81. The molecule has 0 aliphatic carbocycles. The predicted molar refractivity (Wildman–Crippen MR) is 111 cm³/mol. The predicted octanol–water partition coefficient (Wildman–Crippen LogP) is 1.05. The quantitative estimate of drug-likeness (QED) is 0.783. The van der Waals surface area contributed by atoms with Gasteiger partial charge in [0, 0.05) is 33.7 Å². The Kier molecular flexibility index (Phi) is 6.52. The smallest absolute Gasteiger partial charge is 0.332 e. The van der Waals surface area contributed by atoms with Crippen LogP contribution in [0.15, 0.2) is 39.9 Å². The number of morpholine rings is 1. The molecule has 2 unspecified atom stereocenters. The van der Waals surface area contributed by atoms with Crippen LogP contribution in [-0.4, -0.2) is 45.9 Å². The SMILES string of the molecule is CCC(Nc1c(C#N)c(=O)n(C)c(=O)n1C)C1CN(Cc2ccccc2)CCO1. The van der Waals surface area contributed by atoms with Crippen LogP contribution in [-0.2, 0) is 25.4 Å². The highest BCUT2D eigenvalue weighted by molar-refractivity contribution is 5.52. The summed E-state index contributed by atoms with van der Waals surface area (Å²) in [6.45, 7) is 5.03. The third-order valence-corrected chi connectivity index (χ3v) is 5.41. The van der Waals surface area contributed by atoms with E-state index in [2.05, 4.69) is 22.3 Å². The van der Waals surface area contributed by atoms with Gasteiger partial charge in [-0.1, -0.05) is 37.3 Å². The first kappa shape index (κ1) is 20.8. The molecule has 1 aromatic heterocycles. The average molecular weight is 397 g/mol. The molecular formula is C21H27N5O3. The lowest BCUT2D eigenvalue weighted by molar-refractivity contribution is -0.0403. The molecule has 1 aliphatic heterocycles. The molecule has 29 heavy (non-hydrogen) atoms. The van der Waals surface area contributed by atoms with Gasteiger partial charge in [0.1, 0.15) is 11.9 Å². The molecule has 2 heterocycles. The molecule has 1 fully saturated rings. The number of ether oxygens (including phenoxy) is 1. The minimum absolute atomic E-state index is 0.0648. The molecule has 1 N–H and O–H groups in total. The average Bonchev–Trinajstić information content (AvgIpc) is 2.75. The van der Waals surface area contributed by atoms with E-state index in [1.807, 2.05) is 31.2 Å². The van der Waals surface area contributed by atoms with Crippen molar-refractivity contribution in [3.05, 3.63) is 62.3 Å². The zero-order chi connectivity index (χ0) is 21.0. The van der Waals surface area contributed by atoms with Crippen LogP contribution in [0.1, 0.15) is 24.5 Å². The van der Waals surface area contributed by atoms with Crippen molar-refractivity contribution in [3.63, 3.8) is 0 Å². The van der Waals surface area contributed by atoms with Gasteiger partial charge in [-0.3, -0.25) is 18.8 Å². The number of nitrogens with one attached hydrogen (secondary N) is 1. The molecule has 0 amide bonds. The molecule has 154 valence electrons. The summed E-state index contributed by atoms with van der Waals surface area (Å²) in [6, 6.07) is 12.1. The molecule has 0 bridgehead atoms. The largest absolute Gasteiger partial charge is 0.373 e. The first-order chi connectivity index (χ1) is 14.0. The number of rotatable bonds is 6. The minimum Gasteiger partial charge on any atom is -0.373 e. The fourth-order valence-corrected chi connectivity index (χ4v) is 3.71. The normalized spacial score (nSPS) is 18.2. The number of benzene rings is 1. The van der Waals surface area contributed by atoms with E-state index >= 15 is 0 Å². The molecule has 2 aromatic rings. The molecule has 0 saturated carbocycles. The van der Waals surface area contributed by atoms with Crippen LogP contribution in [0.2, 0.25) is 0 Å². The zero-order valence-electron chi connectivity index (χ0n) is 17.1. The van der Waals surface area contributed by atoms with Crippen LogP contribution < -0.4 is 16.6 Å². The maximum Gasteiger partial charge on any atom is 0.332 e. The van der Waals surface area contributed by atoms with Crippen molar-refractivity contribution < 1.29 is 4.74 Å². The van der Waals surface area contributed by atoms with Crippen molar-refractivity contribution in [2.24, 2.45) is 14.1 Å². The number of hydrogen-bond donors (Lipinski definition) is 1. The highest BCUT2D eigenvalue weighted by Gasteiger charge is 2.29. The van der Waals surface area contributed by atoms with Crippen LogP contribution in [0.5, 0.6) is 0 Å². The fraction of sp³-hybridized carbons (Fsp3) is 0.476. The number of nitriles is 1. The van der Waals surface area contributed by atoms with Crippen molar-refractivity contribution in [1.82, 2.24) is 14.0 Å². The minimum atomic E-state index is -0.594. The lowest BCUT2D eigenvalue weighted by Crippen LogP contribution is -2.50. The summed E-state index contributed by atoms with van der Waals surface area (Å²) in [5.41, 5.74) is 0.115. The number of nitrogens with zero attached hydrogens (tertiary/aromatic N) is 4. The van der Waals surface area contributed by atoms with Gasteiger partial charge in [0.15, 0.2) is 5.56 Å². The van der Waals surface area contributed by atoms with Gasteiger partial charge in [0.25, 0.3) is 5.56 Å². The second-order valence-electron chi connectivity index (χ2n) is 7.33. The molecule has 1 aromatic carbocycles. The summed E-state index contributed by atoms with van der Waals surface area (Å²) in [5, 5.41) is 12.7. The van der Waals surface area contributed by atoms with E-state index in [-0.39, 0.29) is 23.5 Å². The second-order valence-corrected chi connectivity index (χ2v) is 7.33. The van der Waals surface area contributed by atoms with E-state index in [1.165, 1.54) is 17.2 Å². The molecule has 8 nitrogen and oxygen atoms in total. The summed E-state index contributed by atoms with van der Waals surface area (Å²) in [5.74, 6) is 0.247. The summed E-state index contributed by atoms with van der Waals surface area (Å²) < 4.78 is 8.27. The highest BCUT2D eigenvalue weighted by atomic mass is 16.5. The summed E-state index contributed by atoms with van der Waals surface area (Å²) in [4.78, 5) is 27.0. The standard InChI is InChI=1S/C21H27N5O3/c1-4-17(23-19-16(12-22)20(27)25(3)21(28)24(19)2)18-14-26(10-11-29-18)13-15-8-6-5-7-9-15/h5-9,17-18,23H,4,10-11,13-14H2,1-3H3. The molecular weight excluding hydrogens is 370 g/mol. The molecule has 0 radical (unpaired) electrons. The van der Waals surface area contributed by atoms with Gasteiger partial charge >= 0.3 is 5.69 Å². The van der Waals surface area contributed by atoms with Crippen LogP contribution in [0.25, 0.3) is 0 Å². The van der Waals surface area contributed by atoms with Gasteiger partial charge < -0.3 is 10.1 Å².